The van der Waals surface area contributed by atoms with Crippen LogP contribution in [-0.2, 0) is 4.79 Å². The van der Waals surface area contributed by atoms with E-state index in [0.29, 0.717) is 0 Å². The molecule has 1 N–H and O–H groups in total. The van der Waals surface area contributed by atoms with E-state index in [2.05, 4.69) is 29.2 Å². The number of amides is 1. The van der Waals surface area contributed by atoms with E-state index in [-0.39, 0.29) is 24.5 Å². The van der Waals surface area contributed by atoms with Crippen molar-refractivity contribution >= 4 is 5.91 Å². The molecule has 0 fully saturated rings. The van der Waals surface area contributed by atoms with Gasteiger partial charge in [-0.2, -0.15) is 0 Å². The van der Waals surface area contributed by atoms with Gasteiger partial charge in [-0.25, -0.2) is 0 Å². The summed E-state index contributed by atoms with van der Waals surface area (Å²) >= 11 is 0. The zero-order chi connectivity index (χ0) is 21.1. The van der Waals surface area contributed by atoms with Crippen LogP contribution in [0.4, 0.5) is 0 Å². The highest BCUT2D eigenvalue weighted by Gasteiger charge is 2.20. The van der Waals surface area contributed by atoms with Crippen LogP contribution in [-0.4, -0.2) is 18.6 Å². The van der Waals surface area contributed by atoms with Crippen molar-refractivity contribution in [1.82, 2.24) is 5.32 Å². The van der Waals surface area contributed by atoms with Gasteiger partial charge < -0.3 is 10.1 Å². The summed E-state index contributed by atoms with van der Waals surface area (Å²) in [5.41, 5.74) is 10.5. The molecule has 0 bridgehead atoms. The second-order valence-electron chi connectivity index (χ2n) is 7.25. The minimum absolute atomic E-state index is 0.108. The Hall–Kier alpha value is -2.98. The standard InChI is InChI=1S/C23H30N4O2/c1-4-5-9-17(2)29-21-14-12-20(13-15-21)22(16-25-27-24)26-23(28)18(3)19-10-7-6-8-11-19/h6-8,10-15,17-18,22H,4-5,9,16H2,1-3H3,(H,26,28). The molecule has 0 aliphatic heterocycles. The maximum atomic E-state index is 12.7. The fourth-order valence-corrected chi connectivity index (χ4v) is 3.10. The van der Waals surface area contributed by atoms with Gasteiger partial charge in [0.05, 0.1) is 24.6 Å². The van der Waals surface area contributed by atoms with Crippen LogP contribution in [0, 0.1) is 0 Å². The third-order valence-electron chi connectivity index (χ3n) is 4.92. The average Bonchev–Trinajstić information content (AvgIpc) is 2.75. The fourth-order valence-electron chi connectivity index (χ4n) is 3.10. The summed E-state index contributed by atoms with van der Waals surface area (Å²) in [7, 11) is 0. The van der Waals surface area contributed by atoms with Gasteiger partial charge in [-0.05, 0) is 49.1 Å². The van der Waals surface area contributed by atoms with E-state index < -0.39 is 6.04 Å². The molecule has 0 heterocycles. The second-order valence-corrected chi connectivity index (χ2v) is 7.25. The van der Waals surface area contributed by atoms with Gasteiger partial charge in [-0.3, -0.25) is 4.79 Å². The molecular formula is C23H30N4O2. The van der Waals surface area contributed by atoms with Crippen molar-refractivity contribution in [3.63, 3.8) is 0 Å². The highest BCUT2D eigenvalue weighted by atomic mass is 16.5. The summed E-state index contributed by atoms with van der Waals surface area (Å²) in [5, 5.41) is 6.68. The molecule has 29 heavy (non-hydrogen) atoms. The minimum atomic E-state index is -0.392. The molecule has 0 saturated heterocycles. The Bertz CT molecular complexity index is 801. The SMILES string of the molecule is CCCCC(C)Oc1ccc(C(CN=[N+]=[N-])NC(=O)C(C)c2ccccc2)cc1. The molecule has 154 valence electrons. The molecule has 0 aromatic heterocycles. The molecule has 2 aromatic rings. The van der Waals surface area contributed by atoms with Crippen molar-refractivity contribution in [2.75, 3.05) is 6.54 Å². The lowest BCUT2D eigenvalue weighted by Crippen LogP contribution is -2.33. The predicted octanol–water partition coefficient (Wildman–Crippen LogP) is 5.92. The van der Waals surface area contributed by atoms with E-state index >= 15 is 0 Å². The normalized spacial score (nSPS) is 13.6. The molecule has 0 spiro atoms. The van der Waals surface area contributed by atoms with E-state index in [9.17, 15) is 4.79 Å². The number of nitrogens with zero attached hydrogens (tertiary/aromatic N) is 3. The molecule has 6 heteroatoms. The maximum Gasteiger partial charge on any atom is 0.227 e. The van der Waals surface area contributed by atoms with Crippen LogP contribution in [0.15, 0.2) is 59.7 Å². The number of benzene rings is 2. The van der Waals surface area contributed by atoms with Crippen LogP contribution in [0.3, 0.4) is 0 Å². The van der Waals surface area contributed by atoms with Crippen LogP contribution in [0.25, 0.3) is 10.4 Å². The lowest BCUT2D eigenvalue weighted by atomic mass is 9.99. The van der Waals surface area contributed by atoms with Crippen molar-refractivity contribution in [2.45, 2.75) is 58.1 Å². The number of azide groups is 1. The second kappa shape index (κ2) is 11.8. The Kier molecular flexibility index (Phi) is 9.06. The first-order valence-electron chi connectivity index (χ1n) is 10.2. The molecule has 0 aliphatic carbocycles. The van der Waals surface area contributed by atoms with Gasteiger partial charge in [0.2, 0.25) is 5.91 Å². The lowest BCUT2D eigenvalue weighted by molar-refractivity contribution is -0.122. The number of unbranched alkanes of at least 4 members (excludes halogenated alkanes) is 1. The molecule has 6 nitrogen and oxygen atoms in total. The molecule has 0 radical (unpaired) electrons. The quantitative estimate of drug-likeness (QED) is 0.291. The number of rotatable bonds is 11. The molecule has 2 rings (SSSR count). The van der Waals surface area contributed by atoms with E-state index in [1.165, 1.54) is 0 Å². The zero-order valence-electron chi connectivity index (χ0n) is 17.4. The molecule has 0 saturated carbocycles. The van der Waals surface area contributed by atoms with E-state index in [4.69, 9.17) is 10.3 Å². The summed E-state index contributed by atoms with van der Waals surface area (Å²) in [6, 6.07) is 16.8. The molecule has 3 unspecified atom stereocenters. The van der Waals surface area contributed by atoms with Crippen LogP contribution >= 0.6 is 0 Å². The van der Waals surface area contributed by atoms with Crippen molar-refractivity contribution in [2.24, 2.45) is 5.11 Å². The number of carbonyl (C=O) groups is 1. The van der Waals surface area contributed by atoms with Gasteiger partial charge in [0, 0.05) is 4.91 Å². The molecule has 0 aliphatic rings. The van der Waals surface area contributed by atoms with Crippen molar-refractivity contribution in [1.29, 1.82) is 0 Å². The number of hydrogen-bond donors (Lipinski definition) is 1. The van der Waals surface area contributed by atoms with Crippen molar-refractivity contribution < 1.29 is 9.53 Å². The highest BCUT2D eigenvalue weighted by molar-refractivity contribution is 5.83. The van der Waals surface area contributed by atoms with Gasteiger partial charge >= 0.3 is 0 Å². The smallest absolute Gasteiger partial charge is 0.227 e. The molecule has 3 atom stereocenters. The predicted molar refractivity (Wildman–Crippen MR) is 116 cm³/mol. The summed E-state index contributed by atoms with van der Waals surface area (Å²) in [5.74, 6) is 0.388. The summed E-state index contributed by atoms with van der Waals surface area (Å²) in [6.45, 7) is 6.25. The van der Waals surface area contributed by atoms with Crippen LogP contribution in [0.2, 0.25) is 0 Å². The van der Waals surface area contributed by atoms with E-state index in [1.807, 2.05) is 61.5 Å². The summed E-state index contributed by atoms with van der Waals surface area (Å²) in [6.07, 6.45) is 3.46. The van der Waals surface area contributed by atoms with E-state index in [0.717, 1.165) is 36.1 Å². The summed E-state index contributed by atoms with van der Waals surface area (Å²) in [4.78, 5) is 15.6. The molecule has 2 aromatic carbocycles. The Labute approximate surface area is 172 Å². The number of carbonyl (C=O) groups excluding carboxylic acids is 1. The van der Waals surface area contributed by atoms with Crippen LogP contribution in [0.1, 0.15) is 63.1 Å². The van der Waals surface area contributed by atoms with Gasteiger partial charge in [-0.15, -0.1) is 0 Å². The largest absolute Gasteiger partial charge is 0.491 e. The third-order valence-corrected chi connectivity index (χ3v) is 4.92. The first-order valence-corrected chi connectivity index (χ1v) is 10.2. The zero-order valence-corrected chi connectivity index (χ0v) is 17.4. The Morgan fingerprint density at radius 2 is 1.79 bits per heavy atom. The number of nitrogens with one attached hydrogen (secondary N) is 1. The number of ether oxygens (including phenoxy) is 1. The van der Waals surface area contributed by atoms with Gasteiger partial charge in [-0.1, -0.05) is 67.3 Å². The van der Waals surface area contributed by atoms with Gasteiger partial charge in [0.25, 0.3) is 0 Å². The maximum absolute atomic E-state index is 12.7. The first-order chi connectivity index (χ1) is 14.0. The molecule has 1 amide bonds. The number of hydrogen-bond acceptors (Lipinski definition) is 3. The third kappa shape index (κ3) is 7.16. The minimum Gasteiger partial charge on any atom is -0.491 e. The average molecular weight is 395 g/mol. The van der Waals surface area contributed by atoms with Gasteiger partial charge in [0.15, 0.2) is 0 Å². The van der Waals surface area contributed by atoms with Crippen LogP contribution < -0.4 is 10.1 Å². The Morgan fingerprint density at radius 1 is 1.10 bits per heavy atom. The first kappa shape index (κ1) is 22.3. The fraction of sp³-hybridized carbons (Fsp3) is 0.435. The molecular weight excluding hydrogens is 364 g/mol. The van der Waals surface area contributed by atoms with Gasteiger partial charge in [0.1, 0.15) is 5.75 Å². The van der Waals surface area contributed by atoms with E-state index in [1.54, 1.807) is 0 Å². The Balaban J connectivity index is 2.07. The lowest BCUT2D eigenvalue weighted by Gasteiger charge is -2.21. The van der Waals surface area contributed by atoms with Crippen molar-refractivity contribution in [3.05, 3.63) is 76.2 Å². The Morgan fingerprint density at radius 3 is 2.41 bits per heavy atom. The highest BCUT2D eigenvalue weighted by Crippen LogP contribution is 2.22. The monoisotopic (exact) mass is 394 g/mol. The summed E-state index contributed by atoms with van der Waals surface area (Å²) < 4.78 is 5.94. The van der Waals surface area contributed by atoms with Crippen molar-refractivity contribution in [3.8, 4) is 5.75 Å². The van der Waals surface area contributed by atoms with Crippen LogP contribution in [0.5, 0.6) is 5.75 Å². The topological polar surface area (TPSA) is 87.1 Å².